The van der Waals surface area contributed by atoms with E-state index in [1.807, 2.05) is 0 Å². The van der Waals surface area contributed by atoms with Gasteiger partial charge in [-0.3, -0.25) is 0 Å². The molecule has 3 aromatic carbocycles. The minimum atomic E-state index is -4.47. The van der Waals surface area contributed by atoms with Gasteiger partial charge in [-0.05, 0) is 23.8 Å². The lowest BCUT2D eigenvalue weighted by atomic mass is 10.0. The predicted molar refractivity (Wildman–Crippen MR) is 136 cm³/mol. The first kappa shape index (κ1) is 24.7. The molecule has 37 heavy (non-hydrogen) atoms. The lowest BCUT2D eigenvalue weighted by Gasteiger charge is -2.16. The number of hydrogen-bond acceptors (Lipinski definition) is 5. The number of nitrogens with one attached hydrogen (secondary N) is 2. The highest BCUT2D eigenvalue weighted by Crippen LogP contribution is 2.37. The van der Waals surface area contributed by atoms with Crippen molar-refractivity contribution in [2.24, 2.45) is 0 Å². The van der Waals surface area contributed by atoms with Crippen molar-refractivity contribution in [1.82, 2.24) is 14.8 Å². The number of anilines is 2. The molecule has 0 bridgehead atoms. The van der Waals surface area contributed by atoms with Gasteiger partial charge in [0.05, 0.1) is 27.9 Å². The van der Waals surface area contributed by atoms with Gasteiger partial charge in [0.25, 0.3) is 0 Å². The van der Waals surface area contributed by atoms with Crippen LogP contribution in [0, 0.1) is 0 Å². The fraction of sp³-hybridized carbons (Fsp3) is 0.0800. The first-order chi connectivity index (χ1) is 17.6. The minimum Gasteiger partial charge on any atom is -0.504 e. The number of carbonyl (C=O) groups excluding carboxylic acids is 1. The van der Waals surface area contributed by atoms with Crippen LogP contribution in [0.5, 0.6) is 5.75 Å². The lowest BCUT2D eigenvalue weighted by molar-refractivity contribution is -0.138. The molecule has 1 amide bonds. The Labute approximate surface area is 217 Å². The number of rotatable bonds is 4. The standard InChI is InChI=1S/C25H16Cl2F3N5O2/c26-20-16-12-32-35(23(16)34-22(27)21(20)36)24(37)33-19-10-9-18(14-6-2-3-7-15(14)19)31-11-13-5-1-4-8-17(13)25(28,29)30/h1-10,12,31,36H,11H2,(H,33,37). The third-order valence-corrected chi connectivity index (χ3v) is 6.38. The molecule has 5 rings (SSSR count). The number of amides is 1. The summed E-state index contributed by atoms with van der Waals surface area (Å²) in [5.74, 6) is -0.414. The Bertz CT molecular complexity index is 1670. The number of alkyl halides is 3. The molecule has 7 nitrogen and oxygen atoms in total. The zero-order valence-corrected chi connectivity index (χ0v) is 20.2. The Hall–Kier alpha value is -4.02. The van der Waals surface area contributed by atoms with Gasteiger partial charge in [0.1, 0.15) is 0 Å². The predicted octanol–water partition coefficient (Wildman–Crippen LogP) is 7.31. The zero-order valence-electron chi connectivity index (χ0n) is 18.6. The molecule has 0 saturated heterocycles. The molecule has 0 aliphatic carbocycles. The van der Waals surface area contributed by atoms with E-state index in [4.69, 9.17) is 23.2 Å². The Balaban J connectivity index is 1.45. The molecule has 3 N–H and O–H groups in total. The first-order valence-electron chi connectivity index (χ1n) is 10.8. The van der Waals surface area contributed by atoms with Crippen LogP contribution in [0.4, 0.5) is 29.3 Å². The van der Waals surface area contributed by atoms with Crippen LogP contribution in [-0.2, 0) is 12.7 Å². The second-order valence-corrected chi connectivity index (χ2v) is 8.74. The van der Waals surface area contributed by atoms with Crippen molar-refractivity contribution in [1.29, 1.82) is 0 Å². The monoisotopic (exact) mass is 545 g/mol. The summed E-state index contributed by atoms with van der Waals surface area (Å²) >= 11 is 12.0. The van der Waals surface area contributed by atoms with Crippen molar-refractivity contribution >= 4 is 62.4 Å². The molecule has 2 aromatic heterocycles. The maximum absolute atomic E-state index is 13.4. The number of fused-ring (bicyclic) bond motifs is 2. The molecule has 0 radical (unpaired) electrons. The minimum absolute atomic E-state index is 0.0509. The fourth-order valence-electron chi connectivity index (χ4n) is 3.99. The Kier molecular flexibility index (Phi) is 6.30. The number of benzene rings is 3. The van der Waals surface area contributed by atoms with E-state index in [0.717, 1.165) is 10.7 Å². The zero-order chi connectivity index (χ0) is 26.3. The van der Waals surface area contributed by atoms with Crippen LogP contribution in [0.15, 0.2) is 66.9 Å². The first-order valence-corrected chi connectivity index (χ1v) is 11.5. The number of aromatic hydroxyl groups is 1. The smallest absolute Gasteiger partial charge is 0.416 e. The maximum atomic E-state index is 13.4. The molecule has 0 aliphatic rings. The summed E-state index contributed by atoms with van der Waals surface area (Å²) in [5.41, 5.74) is 0.477. The van der Waals surface area contributed by atoms with Gasteiger partial charge in [0.15, 0.2) is 16.5 Å². The van der Waals surface area contributed by atoms with E-state index in [0.29, 0.717) is 22.1 Å². The van der Waals surface area contributed by atoms with Crippen LogP contribution in [0.2, 0.25) is 10.2 Å². The summed E-state index contributed by atoms with van der Waals surface area (Å²) in [7, 11) is 0. The molecular formula is C25H16Cl2F3N5O2. The van der Waals surface area contributed by atoms with Gasteiger partial charge >= 0.3 is 12.2 Å². The van der Waals surface area contributed by atoms with Crippen LogP contribution >= 0.6 is 23.2 Å². The van der Waals surface area contributed by atoms with Crippen LogP contribution in [0.25, 0.3) is 21.8 Å². The van der Waals surface area contributed by atoms with Crippen molar-refractivity contribution in [3.05, 3.63) is 88.2 Å². The summed E-state index contributed by atoms with van der Waals surface area (Å²) in [6, 6.07) is 15.1. The lowest BCUT2D eigenvalue weighted by Crippen LogP contribution is -2.21. The van der Waals surface area contributed by atoms with Crippen molar-refractivity contribution in [2.75, 3.05) is 10.6 Å². The highest BCUT2D eigenvalue weighted by atomic mass is 35.5. The average Bonchev–Trinajstić information content (AvgIpc) is 3.30. The van der Waals surface area contributed by atoms with E-state index < -0.39 is 23.5 Å². The quantitative estimate of drug-likeness (QED) is 0.206. The summed E-state index contributed by atoms with van der Waals surface area (Å²) < 4.78 is 41.1. The van der Waals surface area contributed by atoms with Gasteiger partial charge in [-0.1, -0.05) is 65.7 Å². The second kappa shape index (κ2) is 9.45. The van der Waals surface area contributed by atoms with Gasteiger partial charge in [-0.2, -0.15) is 23.0 Å². The maximum Gasteiger partial charge on any atom is 0.416 e. The summed E-state index contributed by atoms with van der Waals surface area (Å²) in [5, 5.41) is 20.9. The van der Waals surface area contributed by atoms with E-state index in [1.165, 1.54) is 18.3 Å². The normalized spacial score (nSPS) is 11.7. The van der Waals surface area contributed by atoms with E-state index in [1.54, 1.807) is 42.5 Å². The van der Waals surface area contributed by atoms with Gasteiger partial charge in [0, 0.05) is 23.0 Å². The Morgan fingerprint density at radius 3 is 2.32 bits per heavy atom. The molecule has 0 fully saturated rings. The Morgan fingerprint density at radius 1 is 0.946 bits per heavy atom. The van der Waals surface area contributed by atoms with Gasteiger partial charge in [0.2, 0.25) is 0 Å². The molecule has 188 valence electrons. The summed E-state index contributed by atoms with van der Waals surface area (Å²) in [6.07, 6.45) is -3.18. The van der Waals surface area contributed by atoms with Crippen molar-refractivity contribution in [3.8, 4) is 5.75 Å². The molecule has 0 saturated carbocycles. The topological polar surface area (TPSA) is 92.1 Å². The number of carbonyl (C=O) groups is 1. The van der Waals surface area contributed by atoms with Crippen molar-refractivity contribution in [2.45, 2.75) is 12.7 Å². The van der Waals surface area contributed by atoms with E-state index in [-0.39, 0.29) is 33.3 Å². The molecule has 0 spiro atoms. The average molecular weight is 546 g/mol. The third kappa shape index (κ3) is 4.61. The van der Waals surface area contributed by atoms with Crippen LogP contribution in [0.3, 0.4) is 0 Å². The molecule has 0 unspecified atom stereocenters. The molecule has 0 atom stereocenters. The Morgan fingerprint density at radius 2 is 1.59 bits per heavy atom. The van der Waals surface area contributed by atoms with E-state index in [9.17, 15) is 23.1 Å². The number of hydrogen-bond donors (Lipinski definition) is 3. The van der Waals surface area contributed by atoms with Gasteiger partial charge in [-0.15, -0.1) is 0 Å². The molecular weight excluding hydrogens is 530 g/mol. The second-order valence-electron chi connectivity index (χ2n) is 8.00. The summed E-state index contributed by atoms with van der Waals surface area (Å²) in [4.78, 5) is 17.0. The van der Waals surface area contributed by atoms with Gasteiger partial charge in [-0.25, -0.2) is 9.78 Å². The van der Waals surface area contributed by atoms with Crippen molar-refractivity contribution < 1.29 is 23.1 Å². The summed E-state index contributed by atoms with van der Waals surface area (Å²) in [6.45, 7) is -0.0509. The highest BCUT2D eigenvalue weighted by Gasteiger charge is 2.32. The molecule has 5 aromatic rings. The molecule has 2 heterocycles. The van der Waals surface area contributed by atoms with Crippen LogP contribution in [-0.4, -0.2) is 25.9 Å². The van der Waals surface area contributed by atoms with Crippen molar-refractivity contribution in [3.63, 3.8) is 0 Å². The number of pyridine rings is 1. The highest BCUT2D eigenvalue weighted by molar-refractivity contribution is 6.40. The largest absolute Gasteiger partial charge is 0.504 e. The molecule has 0 aliphatic heterocycles. The van der Waals surface area contributed by atoms with Crippen LogP contribution in [0.1, 0.15) is 11.1 Å². The fourth-order valence-corrected chi connectivity index (χ4v) is 4.43. The number of aromatic nitrogens is 3. The van der Waals surface area contributed by atoms with E-state index in [2.05, 4.69) is 20.7 Å². The van der Waals surface area contributed by atoms with Gasteiger partial charge < -0.3 is 15.7 Å². The number of nitrogens with zero attached hydrogens (tertiary/aromatic N) is 3. The SMILES string of the molecule is O=C(Nc1ccc(NCc2ccccc2C(F)(F)F)c2ccccc12)n1ncc2c(Cl)c(O)c(Cl)nc21. The third-order valence-electron chi connectivity index (χ3n) is 5.74. The van der Waals surface area contributed by atoms with E-state index >= 15 is 0 Å². The van der Waals surface area contributed by atoms with Crippen LogP contribution < -0.4 is 10.6 Å². The molecule has 12 heteroatoms. The number of halogens is 5.